The number of hydrogen-bond acceptors (Lipinski definition) is 3. The molecule has 126 valence electrons. The van der Waals surface area contributed by atoms with Crippen LogP contribution in [-0.2, 0) is 4.74 Å². The summed E-state index contributed by atoms with van der Waals surface area (Å²) >= 11 is 0. The average Bonchev–Trinajstić information content (AvgIpc) is 2.93. The lowest BCUT2D eigenvalue weighted by molar-refractivity contribution is 0.163. The van der Waals surface area contributed by atoms with Gasteiger partial charge in [-0.15, -0.1) is 0 Å². The highest BCUT2D eigenvalue weighted by atomic mass is 16.5. The molecule has 1 heterocycles. The lowest BCUT2D eigenvalue weighted by atomic mass is 9.98. The Morgan fingerprint density at radius 2 is 2.12 bits per heavy atom. The normalized spacial score (nSPS) is 31.1. The fraction of sp³-hybridized carbons (Fsp3) is 0.429. The molecule has 0 radical (unpaired) electrons. The summed E-state index contributed by atoms with van der Waals surface area (Å²) in [6.45, 7) is 3.33. The van der Waals surface area contributed by atoms with Gasteiger partial charge in [0.15, 0.2) is 0 Å². The molecule has 0 bridgehead atoms. The third kappa shape index (κ3) is 3.21. The molecule has 3 unspecified atom stereocenters. The Kier molecular flexibility index (Phi) is 4.33. The summed E-state index contributed by atoms with van der Waals surface area (Å²) in [6, 6.07) is 0. The van der Waals surface area contributed by atoms with Crippen LogP contribution in [0.5, 0.6) is 0 Å². The Morgan fingerprint density at radius 1 is 1.17 bits per heavy atom. The number of hydrogen-bond donors (Lipinski definition) is 1. The third-order valence-corrected chi connectivity index (χ3v) is 5.14. The maximum absolute atomic E-state index is 6.05. The SMILES string of the molecule is CC1NC2=C(CCC=C2)N1CC1C=CC(OC2C=CC=CC2)=CC1. The van der Waals surface area contributed by atoms with Crippen molar-refractivity contribution in [3.05, 3.63) is 71.8 Å². The number of allylic oxidation sites excluding steroid dienone is 7. The van der Waals surface area contributed by atoms with E-state index in [1.807, 2.05) is 0 Å². The fourth-order valence-electron chi connectivity index (χ4n) is 3.83. The lowest BCUT2D eigenvalue weighted by Crippen LogP contribution is -2.37. The van der Waals surface area contributed by atoms with Crippen LogP contribution in [0.4, 0.5) is 0 Å². The quantitative estimate of drug-likeness (QED) is 0.841. The van der Waals surface area contributed by atoms with E-state index < -0.39 is 0 Å². The van der Waals surface area contributed by atoms with E-state index in [1.165, 1.54) is 11.4 Å². The maximum atomic E-state index is 6.05. The molecule has 4 aliphatic rings. The van der Waals surface area contributed by atoms with E-state index in [9.17, 15) is 0 Å². The largest absolute Gasteiger partial charge is 0.486 e. The van der Waals surface area contributed by atoms with Gasteiger partial charge in [0.25, 0.3) is 0 Å². The van der Waals surface area contributed by atoms with Crippen LogP contribution in [0.25, 0.3) is 0 Å². The Hall–Kier alpha value is -2.16. The van der Waals surface area contributed by atoms with Gasteiger partial charge in [-0.2, -0.15) is 0 Å². The molecule has 1 aliphatic heterocycles. The van der Waals surface area contributed by atoms with Crippen molar-refractivity contribution in [2.45, 2.75) is 44.9 Å². The van der Waals surface area contributed by atoms with Gasteiger partial charge in [-0.05, 0) is 56.4 Å². The summed E-state index contributed by atoms with van der Waals surface area (Å²) in [5, 5.41) is 3.60. The van der Waals surface area contributed by atoms with E-state index in [2.05, 4.69) is 71.8 Å². The smallest absolute Gasteiger partial charge is 0.121 e. The first-order valence-electron chi connectivity index (χ1n) is 9.11. The number of nitrogens with zero attached hydrogens (tertiary/aromatic N) is 1. The van der Waals surface area contributed by atoms with Crippen molar-refractivity contribution < 1.29 is 4.74 Å². The monoisotopic (exact) mass is 322 g/mol. The molecule has 0 saturated carbocycles. The van der Waals surface area contributed by atoms with Crippen LogP contribution in [0.1, 0.15) is 32.6 Å². The topological polar surface area (TPSA) is 24.5 Å². The van der Waals surface area contributed by atoms with E-state index in [-0.39, 0.29) is 6.10 Å². The number of nitrogens with one attached hydrogen (secondary N) is 1. The first-order chi connectivity index (χ1) is 11.8. The molecule has 0 aromatic heterocycles. The molecule has 0 saturated heterocycles. The van der Waals surface area contributed by atoms with Crippen LogP contribution in [0, 0.1) is 5.92 Å². The highest BCUT2D eigenvalue weighted by Crippen LogP contribution is 2.31. The van der Waals surface area contributed by atoms with Crippen molar-refractivity contribution in [3.8, 4) is 0 Å². The van der Waals surface area contributed by atoms with E-state index in [0.717, 1.165) is 38.0 Å². The second-order valence-electron chi connectivity index (χ2n) is 6.94. The molecule has 1 N–H and O–H groups in total. The van der Waals surface area contributed by atoms with Crippen molar-refractivity contribution in [3.63, 3.8) is 0 Å². The standard InChI is InChI=1S/C21H26N2O/c1-16-22-20-9-5-6-10-21(20)23(16)15-17-11-13-19(14-12-17)24-18-7-3-2-4-8-18/h2-5,7,9,11,13-14,16-18,22H,6,8,10,12,15H2,1H3. The Morgan fingerprint density at radius 3 is 2.92 bits per heavy atom. The fourth-order valence-corrected chi connectivity index (χ4v) is 3.83. The number of ether oxygens (including phenoxy) is 1. The van der Waals surface area contributed by atoms with Gasteiger partial charge in [0.05, 0.1) is 11.9 Å². The predicted octanol–water partition coefficient (Wildman–Crippen LogP) is 4.16. The highest BCUT2D eigenvalue weighted by molar-refractivity contribution is 5.32. The van der Waals surface area contributed by atoms with Crippen LogP contribution in [-0.4, -0.2) is 23.7 Å². The van der Waals surface area contributed by atoms with Crippen molar-refractivity contribution in [1.82, 2.24) is 10.2 Å². The molecule has 24 heavy (non-hydrogen) atoms. The van der Waals surface area contributed by atoms with Crippen LogP contribution in [0.15, 0.2) is 71.8 Å². The highest BCUT2D eigenvalue weighted by Gasteiger charge is 2.29. The van der Waals surface area contributed by atoms with Gasteiger partial charge < -0.3 is 15.0 Å². The molecule has 3 nitrogen and oxygen atoms in total. The molecule has 4 rings (SSSR count). The van der Waals surface area contributed by atoms with E-state index in [4.69, 9.17) is 4.74 Å². The molecule has 3 heteroatoms. The van der Waals surface area contributed by atoms with Crippen LogP contribution in [0.3, 0.4) is 0 Å². The molecule has 0 aromatic rings. The first kappa shape index (κ1) is 15.4. The van der Waals surface area contributed by atoms with Gasteiger partial charge in [-0.25, -0.2) is 0 Å². The summed E-state index contributed by atoms with van der Waals surface area (Å²) in [4.78, 5) is 2.54. The Balaban J connectivity index is 1.34. The van der Waals surface area contributed by atoms with Crippen molar-refractivity contribution >= 4 is 0 Å². The van der Waals surface area contributed by atoms with Crippen molar-refractivity contribution in [1.29, 1.82) is 0 Å². The Labute approximate surface area is 144 Å². The zero-order valence-corrected chi connectivity index (χ0v) is 14.3. The predicted molar refractivity (Wildman–Crippen MR) is 97.8 cm³/mol. The van der Waals surface area contributed by atoms with Crippen molar-refractivity contribution in [2.75, 3.05) is 6.54 Å². The maximum Gasteiger partial charge on any atom is 0.121 e. The first-order valence-corrected chi connectivity index (χ1v) is 9.11. The summed E-state index contributed by atoms with van der Waals surface area (Å²) < 4.78 is 6.05. The van der Waals surface area contributed by atoms with Gasteiger partial charge in [0, 0.05) is 18.7 Å². The van der Waals surface area contributed by atoms with Gasteiger partial charge >= 0.3 is 0 Å². The van der Waals surface area contributed by atoms with E-state index in [0.29, 0.717) is 12.1 Å². The molecular weight excluding hydrogens is 296 g/mol. The van der Waals surface area contributed by atoms with Crippen LogP contribution in [0.2, 0.25) is 0 Å². The van der Waals surface area contributed by atoms with Gasteiger partial charge in [0.1, 0.15) is 11.9 Å². The van der Waals surface area contributed by atoms with E-state index >= 15 is 0 Å². The van der Waals surface area contributed by atoms with Gasteiger partial charge in [0.2, 0.25) is 0 Å². The number of rotatable bonds is 4. The summed E-state index contributed by atoms with van der Waals surface area (Å²) in [5.41, 5.74) is 2.81. The summed E-state index contributed by atoms with van der Waals surface area (Å²) in [5.74, 6) is 1.57. The van der Waals surface area contributed by atoms with Gasteiger partial charge in [-0.3, -0.25) is 0 Å². The molecule has 0 amide bonds. The Bertz CT molecular complexity index is 665. The molecule has 3 atom stereocenters. The molecule has 0 spiro atoms. The molecule has 0 aromatic carbocycles. The zero-order chi connectivity index (χ0) is 16.4. The summed E-state index contributed by atoms with van der Waals surface area (Å²) in [7, 11) is 0. The minimum Gasteiger partial charge on any atom is -0.486 e. The minimum atomic E-state index is 0.187. The molecular formula is C21H26N2O. The zero-order valence-electron chi connectivity index (χ0n) is 14.3. The summed E-state index contributed by atoms with van der Waals surface area (Å²) in [6.07, 6.45) is 24.6. The molecule has 3 aliphatic carbocycles. The van der Waals surface area contributed by atoms with Crippen LogP contribution >= 0.6 is 0 Å². The molecule has 0 fully saturated rings. The second kappa shape index (κ2) is 6.76. The van der Waals surface area contributed by atoms with Crippen LogP contribution < -0.4 is 5.32 Å². The average molecular weight is 322 g/mol. The minimum absolute atomic E-state index is 0.187. The van der Waals surface area contributed by atoms with Crippen molar-refractivity contribution in [2.24, 2.45) is 5.92 Å². The third-order valence-electron chi connectivity index (χ3n) is 5.14. The second-order valence-corrected chi connectivity index (χ2v) is 6.94. The van der Waals surface area contributed by atoms with E-state index in [1.54, 1.807) is 0 Å². The lowest BCUT2D eigenvalue weighted by Gasteiger charge is -2.31. The van der Waals surface area contributed by atoms with Gasteiger partial charge in [-0.1, -0.05) is 30.4 Å².